The molecule has 0 bridgehead atoms. The van der Waals surface area contributed by atoms with Crippen molar-refractivity contribution in [3.63, 3.8) is 0 Å². The number of rotatable bonds is 39. The Kier molecular flexibility index (Phi) is 35.7. The summed E-state index contributed by atoms with van der Waals surface area (Å²) in [4.78, 5) is 29.6. The average Bonchev–Trinajstić information content (AvgIpc) is 3.12. The number of aliphatic hydroxyl groups is 2. The van der Waals surface area contributed by atoms with Gasteiger partial charge in [-0.25, -0.2) is 0 Å². The monoisotopic (exact) mass is 743 g/mol. The lowest BCUT2D eigenvalue weighted by Crippen LogP contribution is -2.39. The van der Waals surface area contributed by atoms with Crippen LogP contribution in [-0.4, -0.2) is 109 Å². The molecular formula is C42H86N4O6. The summed E-state index contributed by atoms with van der Waals surface area (Å²) in [6, 6.07) is 0. The van der Waals surface area contributed by atoms with Crippen molar-refractivity contribution in [3.8, 4) is 0 Å². The molecule has 0 aromatic rings. The molecule has 0 spiro atoms. The Labute approximate surface area is 320 Å². The molecule has 0 aliphatic rings. The van der Waals surface area contributed by atoms with E-state index in [1.54, 1.807) is 0 Å². The maximum atomic E-state index is 12.5. The van der Waals surface area contributed by atoms with E-state index in [0.717, 1.165) is 129 Å². The van der Waals surface area contributed by atoms with E-state index in [4.69, 9.17) is 20.9 Å². The molecule has 0 saturated carbocycles. The smallest absolute Gasteiger partial charge is 0.306 e. The van der Waals surface area contributed by atoms with Gasteiger partial charge < -0.3 is 41.0 Å². The molecule has 0 aromatic carbocycles. The van der Waals surface area contributed by atoms with Crippen molar-refractivity contribution in [3.05, 3.63) is 0 Å². The van der Waals surface area contributed by atoms with Gasteiger partial charge in [0.15, 0.2) is 0 Å². The van der Waals surface area contributed by atoms with Gasteiger partial charge in [-0.3, -0.25) is 9.59 Å². The molecule has 0 rings (SSSR count). The number of aliphatic hydroxyl groups excluding tert-OH is 2. The first-order valence-electron chi connectivity index (χ1n) is 21.8. The van der Waals surface area contributed by atoms with Crippen molar-refractivity contribution in [2.24, 2.45) is 11.5 Å². The first kappa shape index (κ1) is 50.7. The number of esters is 2. The molecule has 0 aliphatic heterocycles. The molecule has 0 fully saturated rings. The van der Waals surface area contributed by atoms with E-state index in [-0.39, 0.29) is 37.2 Å². The first-order valence-corrected chi connectivity index (χ1v) is 21.8. The largest absolute Gasteiger partial charge is 0.462 e. The Morgan fingerprint density at radius 3 is 1.15 bits per heavy atom. The second-order valence-corrected chi connectivity index (χ2v) is 15.2. The number of carbonyl (C=O) groups excluding carboxylic acids is 2. The van der Waals surface area contributed by atoms with Crippen LogP contribution in [0.25, 0.3) is 0 Å². The van der Waals surface area contributed by atoms with Gasteiger partial charge in [0.2, 0.25) is 0 Å². The van der Waals surface area contributed by atoms with Gasteiger partial charge in [0.05, 0.1) is 12.2 Å². The summed E-state index contributed by atoms with van der Waals surface area (Å²) in [5.74, 6) is -0.138. The highest BCUT2D eigenvalue weighted by molar-refractivity contribution is 5.69. The molecule has 6 N–H and O–H groups in total. The Bertz CT molecular complexity index is 742. The molecule has 310 valence electrons. The van der Waals surface area contributed by atoms with Crippen molar-refractivity contribution in [1.82, 2.24) is 9.80 Å². The van der Waals surface area contributed by atoms with Crippen molar-refractivity contribution in [2.75, 3.05) is 52.4 Å². The number of carbonyl (C=O) groups is 2. The number of ether oxygens (including phenoxy) is 2. The van der Waals surface area contributed by atoms with Crippen molar-refractivity contribution in [2.45, 2.75) is 206 Å². The highest BCUT2D eigenvalue weighted by Gasteiger charge is 2.16. The molecule has 4 atom stereocenters. The van der Waals surface area contributed by atoms with Crippen LogP contribution in [0.1, 0.15) is 182 Å². The maximum absolute atomic E-state index is 12.5. The maximum Gasteiger partial charge on any atom is 0.306 e. The number of hydrogen-bond donors (Lipinski definition) is 4. The van der Waals surface area contributed by atoms with Crippen LogP contribution in [0.15, 0.2) is 0 Å². The summed E-state index contributed by atoms with van der Waals surface area (Å²) in [5, 5.41) is 20.6. The summed E-state index contributed by atoms with van der Waals surface area (Å²) in [5.41, 5.74) is 11.5. The summed E-state index contributed by atoms with van der Waals surface area (Å²) in [7, 11) is 0. The fraction of sp³-hybridized carbons (Fsp3) is 0.952. The standard InChI is InChI=1S/C42H86N4O6/c1-5-9-11-15-25-39(23-7-3)51-41(49)27-17-13-19-29-45(35-37(47)33-43)31-21-22-32-46(36-38(48)34-44)30-20-14-18-28-42(50)52-40(24-8-4)26-16-12-10-6-2/h37-40,47-48H,5-36,43-44H2,1-4H3. The van der Waals surface area contributed by atoms with Crippen LogP contribution in [0.2, 0.25) is 0 Å². The van der Waals surface area contributed by atoms with E-state index in [1.807, 2.05) is 0 Å². The average molecular weight is 743 g/mol. The normalized spacial score (nSPS) is 14.1. The van der Waals surface area contributed by atoms with E-state index < -0.39 is 12.2 Å². The predicted octanol–water partition coefficient (Wildman–Crippen LogP) is 7.50. The highest BCUT2D eigenvalue weighted by atomic mass is 16.5. The summed E-state index contributed by atoms with van der Waals surface area (Å²) >= 11 is 0. The van der Waals surface area contributed by atoms with Gasteiger partial charge in [-0.1, -0.05) is 91.9 Å². The molecule has 4 unspecified atom stereocenters. The van der Waals surface area contributed by atoms with Crippen LogP contribution in [-0.2, 0) is 19.1 Å². The number of nitrogens with zero attached hydrogens (tertiary/aromatic N) is 2. The molecule has 10 nitrogen and oxygen atoms in total. The van der Waals surface area contributed by atoms with Gasteiger partial charge in [0.25, 0.3) is 0 Å². The topological polar surface area (TPSA) is 152 Å². The number of hydrogen-bond acceptors (Lipinski definition) is 10. The molecule has 0 amide bonds. The van der Waals surface area contributed by atoms with Crippen LogP contribution in [0.3, 0.4) is 0 Å². The van der Waals surface area contributed by atoms with Crippen LogP contribution in [0, 0.1) is 0 Å². The minimum absolute atomic E-state index is 0.0565. The molecule has 10 heteroatoms. The zero-order chi connectivity index (χ0) is 38.7. The zero-order valence-electron chi connectivity index (χ0n) is 34.5. The van der Waals surface area contributed by atoms with Crippen molar-refractivity contribution < 1.29 is 29.3 Å². The molecule has 0 radical (unpaired) electrons. The zero-order valence-corrected chi connectivity index (χ0v) is 34.5. The summed E-state index contributed by atoms with van der Waals surface area (Å²) in [6.45, 7) is 13.7. The lowest BCUT2D eigenvalue weighted by molar-refractivity contribution is -0.151. The lowest BCUT2D eigenvalue weighted by atomic mass is 10.1. The second kappa shape index (κ2) is 36.7. The number of unbranched alkanes of at least 4 members (excludes halogenated alkanes) is 11. The van der Waals surface area contributed by atoms with Crippen LogP contribution < -0.4 is 11.5 Å². The Morgan fingerprint density at radius 2 is 0.827 bits per heavy atom. The molecule has 0 aliphatic carbocycles. The third kappa shape index (κ3) is 31.1. The SMILES string of the molecule is CCCCCCC(CCC)OC(=O)CCCCCN(CCCCN(CCCCCC(=O)OC(CCC)CCCCCC)CC(O)CN)CC(O)CN. The predicted molar refractivity (Wildman–Crippen MR) is 216 cm³/mol. The molecule has 0 heterocycles. The Morgan fingerprint density at radius 1 is 0.481 bits per heavy atom. The quantitative estimate of drug-likeness (QED) is 0.0368. The van der Waals surface area contributed by atoms with Crippen molar-refractivity contribution in [1.29, 1.82) is 0 Å². The molecule has 0 aromatic heterocycles. The summed E-state index contributed by atoms with van der Waals surface area (Å²) in [6.07, 6.45) is 22.8. The minimum atomic E-state index is -0.556. The Balaban J connectivity index is 4.57. The highest BCUT2D eigenvalue weighted by Crippen LogP contribution is 2.17. The van der Waals surface area contributed by atoms with E-state index in [1.165, 1.54) is 38.5 Å². The van der Waals surface area contributed by atoms with Gasteiger partial charge in [-0.2, -0.15) is 0 Å². The van der Waals surface area contributed by atoms with Crippen molar-refractivity contribution >= 4 is 11.9 Å². The molecular weight excluding hydrogens is 656 g/mol. The third-order valence-electron chi connectivity index (χ3n) is 9.97. The number of nitrogens with two attached hydrogens (primary N) is 2. The van der Waals surface area contributed by atoms with E-state index >= 15 is 0 Å². The van der Waals surface area contributed by atoms with Gasteiger partial charge >= 0.3 is 11.9 Å². The van der Waals surface area contributed by atoms with E-state index in [2.05, 4.69) is 37.5 Å². The molecule has 52 heavy (non-hydrogen) atoms. The van der Waals surface area contributed by atoms with Gasteiger partial charge in [0, 0.05) is 39.0 Å². The lowest BCUT2D eigenvalue weighted by Gasteiger charge is -2.27. The van der Waals surface area contributed by atoms with Crippen LogP contribution in [0.4, 0.5) is 0 Å². The Hall–Kier alpha value is -1.30. The fourth-order valence-corrected chi connectivity index (χ4v) is 6.82. The molecule has 0 saturated heterocycles. The fourth-order valence-electron chi connectivity index (χ4n) is 6.82. The second-order valence-electron chi connectivity index (χ2n) is 15.2. The van der Waals surface area contributed by atoms with Crippen LogP contribution >= 0.6 is 0 Å². The van der Waals surface area contributed by atoms with Crippen LogP contribution in [0.5, 0.6) is 0 Å². The van der Waals surface area contributed by atoms with E-state index in [9.17, 15) is 19.8 Å². The van der Waals surface area contributed by atoms with Gasteiger partial charge in [-0.05, 0) is 103 Å². The first-order chi connectivity index (χ1) is 25.2. The van der Waals surface area contributed by atoms with E-state index in [0.29, 0.717) is 25.9 Å². The van der Waals surface area contributed by atoms with Gasteiger partial charge in [-0.15, -0.1) is 0 Å². The third-order valence-corrected chi connectivity index (χ3v) is 9.97. The van der Waals surface area contributed by atoms with Gasteiger partial charge in [0.1, 0.15) is 12.2 Å². The summed E-state index contributed by atoms with van der Waals surface area (Å²) < 4.78 is 11.6. The minimum Gasteiger partial charge on any atom is -0.462 e.